The molecule has 0 saturated heterocycles. The second-order valence-corrected chi connectivity index (χ2v) is 2.94. The fraction of sp³-hybridized carbons (Fsp3) is 0.222. The summed E-state index contributed by atoms with van der Waals surface area (Å²) in [5, 5.41) is 10.4. The van der Waals surface area contributed by atoms with Gasteiger partial charge in [0.2, 0.25) is 0 Å². The van der Waals surface area contributed by atoms with Crippen LogP contribution in [0.25, 0.3) is 0 Å². The van der Waals surface area contributed by atoms with Gasteiger partial charge in [0.1, 0.15) is 0 Å². The van der Waals surface area contributed by atoms with Crippen LogP contribution in [-0.4, -0.2) is 0 Å². The van der Waals surface area contributed by atoms with Crippen LogP contribution in [0.3, 0.4) is 0 Å². The second-order valence-electron chi connectivity index (χ2n) is 2.03. The fourth-order valence-corrected chi connectivity index (χ4v) is 1.56. The molecule has 54 valence electrons. The number of thiophene rings is 1. The van der Waals surface area contributed by atoms with Crippen LogP contribution in [0, 0.1) is 23.2 Å². The molecule has 1 heterocycles. The summed E-state index contributed by atoms with van der Waals surface area (Å²) in [6, 6.07) is 4.06. The molecule has 0 N–H and O–H groups in total. The van der Waals surface area contributed by atoms with E-state index >= 15 is 0 Å². The number of rotatable bonds is 1. The van der Waals surface area contributed by atoms with E-state index in [1.807, 2.05) is 18.4 Å². The molecule has 0 spiro atoms. The summed E-state index contributed by atoms with van der Waals surface area (Å²) in [7, 11) is 0. The highest BCUT2D eigenvalue weighted by Crippen LogP contribution is 2.13. The zero-order chi connectivity index (χ0) is 8.10. The minimum atomic E-state index is 0.488. The van der Waals surface area contributed by atoms with Crippen molar-refractivity contribution in [3.05, 3.63) is 21.9 Å². The highest BCUT2D eigenvalue weighted by Gasteiger charge is 1.94. The van der Waals surface area contributed by atoms with E-state index in [0.29, 0.717) is 6.42 Å². The number of hydrogen-bond acceptors (Lipinski definition) is 2. The molecule has 2 heteroatoms. The summed E-state index contributed by atoms with van der Waals surface area (Å²) >= 11 is 1.59. The van der Waals surface area contributed by atoms with Crippen molar-refractivity contribution in [1.29, 1.82) is 5.26 Å². The van der Waals surface area contributed by atoms with Crippen LogP contribution in [0.1, 0.15) is 17.4 Å². The maximum absolute atomic E-state index is 8.38. The van der Waals surface area contributed by atoms with E-state index in [-0.39, 0.29) is 0 Å². The quantitative estimate of drug-likeness (QED) is 0.579. The summed E-state index contributed by atoms with van der Waals surface area (Å²) in [4.78, 5) is 1.04. The van der Waals surface area contributed by atoms with Crippen molar-refractivity contribution in [3.63, 3.8) is 0 Å². The SMILES string of the molecule is CC#Cc1cc(CC#N)cs1. The lowest BCUT2D eigenvalue weighted by Crippen LogP contribution is -1.72. The summed E-state index contributed by atoms with van der Waals surface area (Å²) in [5.74, 6) is 5.76. The molecule has 0 bridgehead atoms. The van der Waals surface area contributed by atoms with Gasteiger partial charge in [-0.05, 0) is 23.9 Å². The van der Waals surface area contributed by atoms with Gasteiger partial charge in [0.25, 0.3) is 0 Å². The highest BCUT2D eigenvalue weighted by atomic mass is 32.1. The molecule has 0 aliphatic rings. The molecule has 0 aliphatic carbocycles. The smallest absolute Gasteiger partial charge is 0.0771 e. The van der Waals surface area contributed by atoms with Crippen LogP contribution < -0.4 is 0 Å². The third-order valence-corrected chi connectivity index (χ3v) is 2.08. The van der Waals surface area contributed by atoms with Gasteiger partial charge in [0, 0.05) is 0 Å². The molecular weight excluding hydrogens is 154 g/mol. The van der Waals surface area contributed by atoms with Gasteiger partial charge >= 0.3 is 0 Å². The maximum atomic E-state index is 8.38. The predicted octanol–water partition coefficient (Wildman–Crippen LogP) is 2.19. The van der Waals surface area contributed by atoms with E-state index in [0.717, 1.165) is 10.4 Å². The normalized spacial score (nSPS) is 8.00. The van der Waals surface area contributed by atoms with E-state index < -0.39 is 0 Å². The van der Waals surface area contributed by atoms with Crippen molar-refractivity contribution in [2.75, 3.05) is 0 Å². The van der Waals surface area contributed by atoms with Gasteiger partial charge in [-0.25, -0.2) is 0 Å². The number of hydrogen-bond donors (Lipinski definition) is 0. The van der Waals surface area contributed by atoms with E-state index in [2.05, 4.69) is 17.9 Å². The van der Waals surface area contributed by atoms with E-state index in [9.17, 15) is 0 Å². The maximum Gasteiger partial charge on any atom is 0.0771 e. The second kappa shape index (κ2) is 3.81. The molecule has 0 atom stereocenters. The molecule has 0 amide bonds. The molecule has 0 saturated carbocycles. The van der Waals surface area contributed by atoms with Crippen molar-refractivity contribution in [2.24, 2.45) is 0 Å². The van der Waals surface area contributed by atoms with Crippen molar-refractivity contribution in [1.82, 2.24) is 0 Å². The zero-order valence-electron chi connectivity index (χ0n) is 6.22. The third-order valence-electron chi connectivity index (χ3n) is 1.19. The molecule has 0 aromatic carbocycles. The monoisotopic (exact) mass is 161 g/mol. The fourth-order valence-electron chi connectivity index (χ4n) is 0.748. The lowest BCUT2D eigenvalue weighted by Gasteiger charge is -1.78. The minimum Gasteiger partial charge on any atom is -0.198 e. The van der Waals surface area contributed by atoms with Crippen molar-refractivity contribution in [2.45, 2.75) is 13.3 Å². The Kier molecular flexibility index (Phi) is 2.72. The molecule has 11 heavy (non-hydrogen) atoms. The Labute approximate surface area is 70.3 Å². The molecule has 0 radical (unpaired) electrons. The molecule has 1 aromatic heterocycles. The summed E-state index contributed by atoms with van der Waals surface area (Å²) in [6.07, 6.45) is 0.488. The van der Waals surface area contributed by atoms with Crippen LogP contribution in [0.15, 0.2) is 11.4 Å². The Morgan fingerprint density at radius 3 is 3.09 bits per heavy atom. The average Bonchev–Trinajstić information content (AvgIpc) is 2.38. The number of nitriles is 1. The first-order valence-corrected chi connectivity index (χ1v) is 4.12. The first kappa shape index (κ1) is 7.85. The predicted molar refractivity (Wildman–Crippen MR) is 46.2 cm³/mol. The van der Waals surface area contributed by atoms with Crippen LogP contribution in [0.5, 0.6) is 0 Å². The standard InChI is InChI=1S/C9H7NS/c1-2-3-9-6-8(4-5-10)7-11-9/h6-7H,4H2,1H3. The topological polar surface area (TPSA) is 23.8 Å². The molecule has 1 rings (SSSR count). The summed E-state index contributed by atoms with van der Waals surface area (Å²) in [5.41, 5.74) is 1.07. The first-order chi connectivity index (χ1) is 5.36. The van der Waals surface area contributed by atoms with Gasteiger partial charge in [-0.3, -0.25) is 0 Å². The lowest BCUT2D eigenvalue weighted by molar-refractivity contribution is 1.28. The molecule has 1 aromatic rings. The average molecular weight is 161 g/mol. The van der Waals surface area contributed by atoms with Gasteiger partial charge in [0.05, 0.1) is 17.4 Å². The Bertz CT molecular complexity index is 332. The van der Waals surface area contributed by atoms with Gasteiger partial charge < -0.3 is 0 Å². The largest absolute Gasteiger partial charge is 0.198 e. The molecule has 1 nitrogen and oxygen atoms in total. The van der Waals surface area contributed by atoms with Crippen molar-refractivity contribution >= 4 is 11.3 Å². The first-order valence-electron chi connectivity index (χ1n) is 3.24. The van der Waals surface area contributed by atoms with E-state index in [1.54, 1.807) is 11.3 Å². The van der Waals surface area contributed by atoms with Crippen molar-refractivity contribution in [3.8, 4) is 17.9 Å². The summed E-state index contributed by atoms with van der Waals surface area (Å²) < 4.78 is 0. The Balaban J connectivity index is 2.81. The van der Waals surface area contributed by atoms with Crippen LogP contribution >= 0.6 is 11.3 Å². The van der Waals surface area contributed by atoms with Gasteiger partial charge in [-0.2, -0.15) is 5.26 Å². The molecular formula is C9H7NS. The van der Waals surface area contributed by atoms with Crippen LogP contribution in [-0.2, 0) is 6.42 Å². The van der Waals surface area contributed by atoms with Crippen LogP contribution in [0.2, 0.25) is 0 Å². The number of nitrogens with zero attached hydrogens (tertiary/aromatic N) is 1. The van der Waals surface area contributed by atoms with E-state index in [4.69, 9.17) is 5.26 Å². The van der Waals surface area contributed by atoms with Gasteiger partial charge in [0.15, 0.2) is 0 Å². The molecule has 0 fully saturated rings. The molecule has 0 aliphatic heterocycles. The Morgan fingerprint density at radius 1 is 1.64 bits per heavy atom. The zero-order valence-corrected chi connectivity index (χ0v) is 7.03. The Morgan fingerprint density at radius 2 is 2.45 bits per heavy atom. The molecule has 0 unspecified atom stereocenters. The third kappa shape index (κ3) is 2.11. The van der Waals surface area contributed by atoms with Crippen LogP contribution in [0.4, 0.5) is 0 Å². The van der Waals surface area contributed by atoms with E-state index in [1.165, 1.54) is 0 Å². The van der Waals surface area contributed by atoms with Gasteiger partial charge in [-0.1, -0.05) is 5.92 Å². The van der Waals surface area contributed by atoms with Gasteiger partial charge in [-0.15, -0.1) is 17.3 Å². The Hall–Kier alpha value is -1.25. The summed E-state index contributed by atoms with van der Waals surface area (Å²) in [6.45, 7) is 1.81. The minimum absolute atomic E-state index is 0.488. The lowest BCUT2D eigenvalue weighted by atomic mass is 10.2. The van der Waals surface area contributed by atoms with Crippen molar-refractivity contribution < 1.29 is 0 Å². The highest BCUT2D eigenvalue weighted by molar-refractivity contribution is 7.10.